The molecule has 92 valence electrons. The number of carbonyl (C=O) groups excluding carboxylic acids is 1. The molecule has 3 heteroatoms. The van der Waals surface area contributed by atoms with Gasteiger partial charge in [0, 0.05) is 0 Å². The van der Waals surface area contributed by atoms with E-state index in [0.717, 1.165) is 19.3 Å². The fourth-order valence-electron chi connectivity index (χ4n) is 2.40. The van der Waals surface area contributed by atoms with Gasteiger partial charge in [-0.25, -0.2) is 4.39 Å². The van der Waals surface area contributed by atoms with Crippen LogP contribution >= 0.6 is 0 Å². The zero-order valence-corrected chi connectivity index (χ0v) is 9.99. The zero-order chi connectivity index (χ0) is 12.3. The quantitative estimate of drug-likeness (QED) is 0.749. The van der Waals surface area contributed by atoms with Crippen LogP contribution in [0.2, 0.25) is 0 Å². The van der Waals surface area contributed by atoms with Crippen LogP contribution in [-0.2, 0) is 0 Å². The standard InChI is InChI=1S/C14H17FO2/c1-10-4-2-5-11(8-10)17-14-7-3-6-13(15)12(14)9-16/h3,6-7,9-11H,2,4-5,8H2,1H3. The van der Waals surface area contributed by atoms with Gasteiger partial charge in [-0.2, -0.15) is 0 Å². The Kier molecular flexibility index (Phi) is 3.77. The number of hydrogen-bond donors (Lipinski definition) is 0. The third-order valence-electron chi connectivity index (χ3n) is 3.31. The third kappa shape index (κ3) is 2.84. The van der Waals surface area contributed by atoms with E-state index >= 15 is 0 Å². The summed E-state index contributed by atoms with van der Waals surface area (Å²) in [5.74, 6) is 0.502. The lowest BCUT2D eigenvalue weighted by Gasteiger charge is -2.27. The van der Waals surface area contributed by atoms with Gasteiger partial charge in [0.2, 0.25) is 0 Å². The summed E-state index contributed by atoms with van der Waals surface area (Å²) in [5.41, 5.74) is 0.0331. The fourth-order valence-corrected chi connectivity index (χ4v) is 2.40. The van der Waals surface area contributed by atoms with Gasteiger partial charge in [-0.1, -0.05) is 19.4 Å². The van der Waals surface area contributed by atoms with E-state index in [9.17, 15) is 9.18 Å². The van der Waals surface area contributed by atoms with Crippen molar-refractivity contribution in [1.29, 1.82) is 0 Å². The van der Waals surface area contributed by atoms with Crippen molar-refractivity contribution < 1.29 is 13.9 Å². The molecule has 2 atom stereocenters. The van der Waals surface area contributed by atoms with Crippen molar-refractivity contribution in [1.82, 2.24) is 0 Å². The molecule has 0 bridgehead atoms. The molecule has 1 aliphatic rings. The lowest BCUT2D eigenvalue weighted by atomic mass is 9.88. The van der Waals surface area contributed by atoms with Crippen LogP contribution in [0.5, 0.6) is 5.75 Å². The Hall–Kier alpha value is -1.38. The van der Waals surface area contributed by atoms with Crippen LogP contribution in [0.3, 0.4) is 0 Å². The monoisotopic (exact) mass is 236 g/mol. The molecular weight excluding hydrogens is 219 g/mol. The van der Waals surface area contributed by atoms with Crippen molar-refractivity contribution in [3.8, 4) is 5.75 Å². The molecule has 1 fully saturated rings. The summed E-state index contributed by atoms with van der Waals surface area (Å²) < 4.78 is 19.1. The first-order valence-corrected chi connectivity index (χ1v) is 6.11. The Morgan fingerprint density at radius 2 is 2.24 bits per heavy atom. The zero-order valence-electron chi connectivity index (χ0n) is 9.99. The lowest BCUT2D eigenvalue weighted by Crippen LogP contribution is -2.24. The highest BCUT2D eigenvalue weighted by atomic mass is 19.1. The highest BCUT2D eigenvalue weighted by Crippen LogP contribution is 2.29. The maximum absolute atomic E-state index is 13.4. The summed E-state index contributed by atoms with van der Waals surface area (Å²) in [4.78, 5) is 10.8. The smallest absolute Gasteiger partial charge is 0.156 e. The van der Waals surface area contributed by atoms with Gasteiger partial charge in [0.05, 0.1) is 11.7 Å². The molecule has 0 radical (unpaired) electrons. The van der Waals surface area contributed by atoms with Crippen molar-refractivity contribution in [2.24, 2.45) is 5.92 Å². The van der Waals surface area contributed by atoms with Gasteiger partial charge < -0.3 is 4.74 Å². The molecule has 2 nitrogen and oxygen atoms in total. The highest BCUT2D eigenvalue weighted by Gasteiger charge is 2.21. The van der Waals surface area contributed by atoms with E-state index < -0.39 is 5.82 Å². The second-order valence-corrected chi connectivity index (χ2v) is 4.78. The predicted molar refractivity (Wildman–Crippen MR) is 63.8 cm³/mol. The Labute approximate surface area is 101 Å². The van der Waals surface area contributed by atoms with Gasteiger partial charge in [-0.3, -0.25) is 4.79 Å². The number of carbonyl (C=O) groups is 1. The minimum Gasteiger partial charge on any atom is -0.490 e. The first-order chi connectivity index (χ1) is 8.20. The number of ether oxygens (including phenoxy) is 1. The first kappa shape index (κ1) is 12.1. The number of aldehydes is 1. The molecule has 17 heavy (non-hydrogen) atoms. The summed E-state index contributed by atoms with van der Waals surface area (Å²) in [7, 11) is 0. The van der Waals surface area contributed by atoms with Crippen LogP contribution in [0.1, 0.15) is 43.0 Å². The van der Waals surface area contributed by atoms with E-state index in [1.807, 2.05) is 0 Å². The van der Waals surface area contributed by atoms with E-state index in [-0.39, 0.29) is 11.7 Å². The largest absolute Gasteiger partial charge is 0.490 e. The molecular formula is C14H17FO2. The number of benzene rings is 1. The summed E-state index contributed by atoms with van der Waals surface area (Å²) in [6.45, 7) is 2.20. The Balaban J connectivity index is 2.12. The number of rotatable bonds is 3. The third-order valence-corrected chi connectivity index (χ3v) is 3.31. The predicted octanol–water partition coefficient (Wildman–Crippen LogP) is 3.60. The molecule has 1 aliphatic carbocycles. The molecule has 2 unspecified atom stereocenters. The fraction of sp³-hybridized carbons (Fsp3) is 0.500. The molecule has 0 N–H and O–H groups in total. The molecule has 0 aliphatic heterocycles. The van der Waals surface area contributed by atoms with Crippen molar-refractivity contribution in [3.63, 3.8) is 0 Å². The first-order valence-electron chi connectivity index (χ1n) is 6.11. The van der Waals surface area contributed by atoms with Crippen LogP contribution in [0.25, 0.3) is 0 Å². The van der Waals surface area contributed by atoms with Gasteiger partial charge in [-0.15, -0.1) is 0 Å². The average molecular weight is 236 g/mol. The summed E-state index contributed by atoms with van der Waals surface area (Å²) >= 11 is 0. The molecule has 1 aromatic rings. The van der Waals surface area contributed by atoms with Crippen molar-refractivity contribution in [3.05, 3.63) is 29.6 Å². The molecule has 0 saturated heterocycles. The molecule has 0 amide bonds. The second-order valence-electron chi connectivity index (χ2n) is 4.78. The van der Waals surface area contributed by atoms with E-state index in [4.69, 9.17) is 4.74 Å². The van der Waals surface area contributed by atoms with Crippen LogP contribution in [0.15, 0.2) is 18.2 Å². The molecule has 1 aromatic carbocycles. The van der Waals surface area contributed by atoms with E-state index in [1.54, 1.807) is 12.1 Å². The molecule has 2 rings (SSSR count). The van der Waals surface area contributed by atoms with Crippen LogP contribution in [-0.4, -0.2) is 12.4 Å². The van der Waals surface area contributed by atoms with Crippen molar-refractivity contribution in [2.75, 3.05) is 0 Å². The van der Waals surface area contributed by atoms with Gasteiger partial charge in [0.1, 0.15) is 11.6 Å². The van der Waals surface area contributed by atoms with Crippen molar-refractivity contribution in [2.45, 2.75) is 38.7 Å². The maximum atomic E-state index is 13.4. The van der Waals surface area contributed by atoms with Gasteiger partial charge in [0.15, 0.2) is 6.29 Å². The topological polar surface area (TPSA) is 26.3 Å². The molecule has 0 heterocycles. The van der Waals surface area contributed by atoms with E-state index in [0.29, 0.717) is 18.0 Å². The Morgan fingerprint density at radius 3 is 2.94 bits per heavy atom. The summed E-state index contributed by atoms with van der Waals surface area (Å²) in [5, 5.41) is 0. The highest BCUT2D eigenvalue weighted by molar-refractivity contribution is 5.79. The van der Waals surface area contributed by atoms with E-state index in [2.05, 4.69) is 6.92 Å². The molecule has 0 aromatic heterocycles. The SMILES string of the molecule is CC1CCCC(Oc2cccc(F)c2C=O)C1. The lowest BCUT2D eigenvalue weighted by molar-refractivity contribution is 0.109. The molecule has 1 saturated carbocycles. The van der Waals surface area contributed by atoms with Crippen molar-refractivity contribution >= 4 is 6.29 Å². The number of hydrogen-bond acceptors (Lipinski definition) is 2. The maximum Gasteiger partial charge on any atom is 0.156 e. The van der Waals surface area contributed by atoms with Gasteiger partial charge in [-0.05, 0) is 37.3 Å². The number of halogens is 1. The van der Waals surface area contributed by atoms with Crippen LogP contribution in [0, 0.1) is 11.7 Å². The van der Waals surface area contributed by atoms with Crippen LogP contribution in [0.4, 0.5) is 4.39 Å². The normalized spacial score (nSPS) is 24.4. The summed E-state index contributed by atoms with van der Waals surface area (Å²) in [6.07, 6.45) is 4.96. The average Bonchev–Trinajstić information content (AvgIpc) is 2.29. The van der Waals surface area contributed by atoms with Crippen LogP contribution < -0.4 is 4.74 Å². The summed E-state index contributed by atoms with van der Waals surface area (Å²) in [6, 6.07) is 4.51. The minimum absolute atomic E-state index is 0.0331. The van der Waals surface area contributed by atoms with Gasteiger partial charge in [0.25, 0.3) is 0 Å². The van der Waals surface area contributed by atoms with E-state index in [1.165, 1.54) is 12.5 Å². The Morgan fingerprint density at radius 1 is 1.41 bits per heavy atom. The van der Waals surface area contributed by atoms with Gasteiger partial charge >= 0.3 is 0 Å². The second kappa shape index (κ2) is 5.30. The molecule has 0 spiro atoms. The Bertz CT molecular complexity index is 403. The minimum atomic E-state index is -0.513.